The predicted octanol–water partition coefficient (Wildman–Crippen LogP) is 6.07. The maximum Gasteiger partial charge on any atom is 0.335 e. The van der Waals surface area contributed by atoms with Crippen LogP contribution in [-0.4, -0.2) is 16.8 Å². The van der Waals surface area contributed by atoms with Crippen LogP contribution in [0.15, 0.2) is 47.4 Å². The van der Waals surface area contributed by atoms with Gasteiger partial charge in [-0.15, -0.1) is 11.8 Å². The zero-order chi connectivity index (χ0) is 18.9. The Hall–Kier alpha value is -1.74. The molecule has 2 aromatic rings. The number of hydrogen-bond acceptors (Lipinski definition) is 2. The minimum atomic E-state index is -0.870. The average molecular weight is 369 g/mol. The second kappa shape index (κ2) is 7.11. The van der Waals surface area contributed by atoms with Gasteiger partial charge in [-0.05, 0) is 71.0 Å². The molecular formula is C23H28O2S. The molecule has 0 aromatic heterocycles. The first-order valence-electron chi connectivity index (χ1n) is 9.29. The van der Waals surface area contributed by atoms with E-state index < -0.39 is 5.97 Å². The SMILES string of the molecule is CC1(C)CCC(C)(C)c2cc(SCCc3ccc(C(=O)O)cc3)ccc21. The van der Waals surface area contributed by atoms with Gasteiger partial charge in [0.1, 0.15) is 0 Å². The molecule has 2 nitrogen and oxygen atoms in total. The van der Waals surface area contributed by atoms with Gasteiger partial charge in [-0.1, -0.05) is 45.9 Å². The molecule has 0 aliphatic heterocycles. The smallest absolute Gasteiger partial charge is 0.335 e. The van der Waals surface area contributed by atoms with Gasteiger partial charge in [0.05, 0.1) is 5.56 Å². The third-order valence-corrected chi connectivity index (χ3v) is 6.68. The van der Waals surface area contributed by atoms with Crippen LogP contribution >= 0.6 is 11.8 Å². The van der Waals surface area contributed by atoms with Crippen molar-refractivity contribution >= 4 is 17.7 Å². The van der Waals surface area contributed by atoms with Crippen molar-refractivity contribution in [2.45, 2.75) is 62.7 Å². The van der Waals surface area contributed by atoms with Crippen LogP contribution in [-0.2, 0) is 17.3 Å². The Labute approximate surface area is 161 Å². The monoisotopic (exact) mass is 368 g/mol. The lowest BCUT2D eigenvalue weighted by Crippen LogP contribution is -2.33. The van der Waals surface area contributed by atoms with Crippen LogP contribution in [0, 0.1) is 0 Å². The number of carbonyl (C=O) groups is 1. The molecule has 0 bridgehead atoms. The van der Waals surface area contributed by atoms with Crippen LogP contribution in [0.25, 0.3) is 0 Å². The van der Waals surface area contributed by atoms with Crippen LogP contribution in [0.3, 0.4) is 0 Å². The summed E-state index contributed by atoms with van der Waals surface area (Å²) in [6, 6.07) is 14.2. The molecule has 138 valence electrons. The third-order valence-electron chi connectivity index (χ3n) is 5.68. The fourth-order valence-electron chi connectivity index (χ4n) is 3.76. The maximum atomic E-state index is 10.9. The standard InChI is InChI=1S/C23H28O2S/c1-22(2)12-13-23(3,4)20-15-18(9-10-19(20)22)26-14-11-16-5-7-17(8-6-16)21(24)25/h5-10,15H,11-14H2,1-4H3,(H,24,25). The number of thioether (sulfide) groups is 1. The molecule has 1 aliphatic carbocycles. The minimum Gasteiger partial charge on any atom is -0.478 e. The average Bonchev–Trinajstić information content (AvgIpc) is 2.59. The Morgan fingerprint density at radius 2 is 1.58 bits per heavy atom. The first-order valence-corrected chi connectivity index (χ1v) is 10.3. The van der Waals surface area contributed by atoms with Crippen molar-refractivity contribution in [1.29, 1.82) is 0 Å². The Morgan fingerprint density at radius 1 is 0.962 bits per heavy atom. The highest BCUT2D eigenvalue weighted by atomic mass is 32.2. The van der Waals surface area contributed by atoms with Crippen LogP contribution in [0.1, 0.15) is 67.6 Å². The zero-order valence-corrected chi connectivity index (χ0v) is 17.0. The molecular weight excluding hydrogens is 340 g/mol. The Bertz CT molecular complexity index is 803. The van der Waals surface area contributed by atoms with E-state index in [9.17, 15) is 4.79 Å². The Balaban J connectivity index is 1.68. The Morgan fingerprint density at radius 3 is 2.19 bits per heavy atom. The lowest BCUT2D eigenvalue weighted by atomic mass is 9.63. The minimum absolute atomic E-state index is 0.244. The first-order chi connectivity index (χ1) is 12.2. The van der Waals surface area contributed by atoms with E-state index in [-0.39, 0.29) is 10.8 Å². The van der Waals surface area contributed by atoms with Crippen LogP contribution in [0.4, 0.5) is 0 Å². The molecule has 3 heteroatoms. The fourth-order valence-corrected chi connectivity index (χ4v) is 4.70. The van der Waals surface area contributed by atoms with E-state index in [0.29, 0.717) is 5.56 Å². The summed E-state index contributed by atoms with van der Waals surface area (Å²) in [4.78, 5) is 12.3. The highest BCUT2D eigenvalue weighted by Crippen LogP contribution is 2.46. The van der Waals surface area contributed by atoms with Crippen molar-refractivity contribution < 1.29 is 9.90 Å². The maximum absolute atomic E-state index is 10.9. The first kappa shape index (κ1) is 19.0. The van der Waals surface area contributed by atoms with Crippen molar-refractivity contribution in [3.05, 3.63) is 64.7 Å². The van der Waals surface area contributed by atoms with Crippen molar-refractivity contribution in [2.75, 3.05) is 5.75 Å². The number of hydrogen-bond donors (Lipinski definition) is 1. The zero-order valence-electron chi connectivity index (χ0n) is 16.1. The third kappa shape index (κ3) is 3.98. The van der Waals surface area contributed by atoms with Gasteiger partial charge in [0.2, 0.25) is 0 Å². The van der Waals surface area contributed by atoms with E-state index in [1.807, 2.05) is 23.9 Å². The quantitative estimate of drug-likeness (QED) is 0.651. The summed E-state index contributed by atoms with van der Waals surface area (Å²) in [5.74, 6) is 0.125. The molecule has 0 spiro atoms. The molecule has 1 aliphatic rings. The summed E-state index contributed by atoms with van der Waals surface area (Å²) in [6.07, 6.45) is 3.42. The molecule has 3 rings (SSSR count). The number of aromatic carboxylic acids is 1. The number of carboxylic acids is 1. The molecule has 2 aromatic carbocycles. The Kier molecular flexibility index (Phi) is 5.21. The summed E-state index contributed by atoms with van der Waals surface area (Å²) in [7, 11) is 0. The van der Waals surface area contributed by atoms with Crippen LogP contribution < -0.4 is 0 Å². The number of benzene rings is 2. The van der Waals surface area contributed by atoms with Gasteiger partial charge >= 0.3 is 5.97 Å². The van der Waals surface area contributed by atoms with E-state index in [2.05, 4.69) is 45.9 Å². The molecule has 0 amide bonds. The largest absolute Gasteiger partial charge is 0.478 e. The van der Waals surface area contributed by atoms with E-state index in [0.717, 1.165) is 12.2 Å². The molecule has 0 heterocycles. The number of aryl methyl sites for hydroxylation is 1. The van der Waals surface area contributed by atoms with Gasteiger partial charge in [-0.2, -0.15) is 0 Å². The molecule has 0 radical (unpaired) electrons. The predicted molar refractivity (Wildman–Crippen MR) is 110 cm³/mol. The normalized spacial score (nSPS) is 17.5. The number of fused-ring (bicyclic) bond motifs is 1. The lowest BCUT2D eigenvalue weighted by Gasteiger charge is -2.42. The van der Waals surface area contributed by atoms with Gasteiger partial charge < -0.3 is 5.11 Å². The van der Waals surface area contributed by atoms with E-state index >= 15 is 0 Å². The van der Waals surface area contributed by atoms with Crippen molar-refractivity contribution in [2.24, 2.45) is 0 Å². The number of rotatable bonds is 5. The molecule has 0 saturated carbocycles. The molecule has 1 N–H and O–H groups in total. The summed E-state index contributed by atoms with van der Waals surface area (Å²) < 4.78 is 0. The van der Waals surface area contributed by atoms with Crippen molar-refractivity contribution in [3.63, 3.8) is 0 Å². The van der Waals surface area contributed by atoms with Gasteiger partial charge in [0.25, 0.3) is 0 Å². The van der Waals surface area contributed by atoms with Crippen molar-refractivity contribution in [1.82, 2.24) is 0 Å². The summed E-state index contributed by atoms with van der Waals surface area (Å²) in [5.41, 5.74) is 5.04. The molecule has 0 saturated heterocycles. The van der Waals surface area contributed by atoms with Crippen LogP contribution in [0.5, 0.6) is 0 Å². The molecule has 0 atom stereocenters. The van der Waals surface area contributed by atoms with Gasteiger partial charge in [-0.25, -0.2) is 4.79 Å². The van der Waals surface area contributed by atoms with E-state index in [4.69, 9.17) is 5.11 Å². The molecule has 26 heavy (non-hydrogen) atoms. The van der Waals surface area contributed by atoms with Crippen molar-refractivity contribution in [3.8, 4) is 0 Å². The molecule has 0 unspecified atom stereocenters. The summed E-state index contributed by atoms with van der Waals surface area (Å²) in [5, 5.41) is 8.97. The lowest BCUT2D eigenvalue weighted by molar-refractivity contribution is 0.0697. The molecule has 0 fully saturated rings. The topological polar surface area (TPSA) is 37.3 Å². The van der Waals surface area contributed by atoms with Crippen LogP contribution in [0.2, 0.25) is 0 Å². The summed E-state index contributed by atoms with van der Waals surface area (Å²) in [6.45, 7) is 9.43. The van der Waals surface area contributed by atoms with Gasteiger partial charge in [-0.3, -0.25) is 0 Å². The van der Waals surface area contributed by atoms with E-state index in [1.165, 1.54) is 34.4 Å². The summed E-state index contributed by atoms with van der Waals surface area (Å²) >= 11 is 1.88. The fraction of sp³-hybridized carbons (Fsp3) is 0.435. The highest BCUT2D eigenvalue weighted by molar-refractivity contribution is 7.99. The second-order valence-electron chi connectivity index (χ2n) is 8.58. The highest BCUT2D eigenvalue weighted by Gasteiger charge is 2.36. The van der Waals surface area contributed by atoms with Gasteiger partial charge in [0, 0.05) is 10.6 Å². The number of carboxylic acid groups (broad SMARTS) is 1. The second-order valence-corrected chi connectivity index (χ2v) is 9.74. The van der Waals surface area contributed by atoms with E-state index in [1.54, 1.807) is 12.1 Å². The van der Waals surface area contributed by atoms with Gasteiger partial charge in [0.15, 0.2) is 0 Å².